The lowest BCUT2D eigenvalue weighted by Gasteiger charge is -2.24. The Morgan fingerprint density at radius 1 is 1.00 bits per heavy atom. The maximum Gasteiger partial charge on any atom is 0.428 e. The molecule has 0 saturated carbocycles. The molecule has 2 aliphatic rings. The molecule has 6 heteroatoms. The quantitative estimate of drug-likeness (QED) is 0.826. The van der Waals surface area contributed by atoms with Crippen LogP contribution >= 0.6 is 0 Å². The second kappa shape index (κ2) is 6.14. The number of cyclic esters (lactones) is 1. The van der Waals surface area contributed by atoms with Crippen molar-refractivity contribution in [3.05, 3.63) is 83.1 Å². The Morgan fingerprint density at radius 3 is 2.31 bits per heavy atom. The first-order chi connectivity index (χ1) is 12.5. The lowest BCUT2D eigenvalue weighted by molar-refractivity contribution is 0.170. The zero-order valence-electron chi connectivity index (χ0n) is 14.2. The molecule has 132 valence electrons. The summed E-state index contributed by atoms with van der Waals surface area (Å²) in [5.74, 6) is 0. The molecule has 1 fully saturated rings. The summed E-state index contributed by atoms with van der Waals surface area (Å²) in [6.45, 7) is 1.84. The highest BCUT2D eigenvalue weighted by molar-refractivity contribution is 7.89. The lowest BCUT2D eigenvalue weighted by atomic mass is 9.86. The monoisotopic (exact) mass is 367 g/mol. The Bertz CT molecular complexity index is 1030. The van der Waals surface area contributed by atoms with Crippen molar-refractivity contribution in [2.24, 2.45) is 0 Å². The van der Waals surface area contributed by atoms with E-state index in [4.69, 9.17) is 4.74 Å². The van der Waals surface area contributed by atoms with Gasteiger partial charge in [0, 0.05) is 0 Å². The molecule has 0 bridgehead atoms. The fourth-order valence-electron chi connectivity index (χ4n) is 3.05. The molecule has 2 aromatic rings. The second-order valence-corrected chi connectivity index (χ2v) is 8.11. The third-order valence-electron chi connectivity index (χ3n) is 4.55. The number of carbonyl (C=O) groups is 1. The van der Waals surface area contributed by atoms with E-state index in [0.717, 1.165) is 26.6 Å². The maximum absolute atomic E-state index is 12.9. The van der Waals surface area contributed by atoms with E-state index in [0.29, 0.717) is 12.1 Å². The van der Waals surface area contributed by atoms with Crippen LogP contribution in [0.1, 0.15) is 17.5 Å². The number of amides is 1. The number of aryl methyl sites for hydroxylation is 1. The molecule has 1 aliphatic heterocycles. The van der Waals surface area contributed by atoms with Crippen molar-refractivity contribution in [1.82, 2.24) is 4.31 Å². The van der Waals surface area contributed by atoms with Gasteiger partial charge in [0.15, 0.2) is 0 Å². The van der Waals surface area contributed by atoms with E-state index in [1.807, 2.05) is 43.3 Å². The van der Waals surface area contributed by atoms with E-state index in [1.54, 1.807) is 12.1 Å². The van der Waals surface area contributed by atoms with Gasteiger partial charge in [0.05, 0.1) is 10.6 Å². The normalized spacial score (nSPS) is 19.8. The Labute approximate surface area is 152 Å². The van der Waals surface area contributed by atoms with E-state index >= 15 is 0 Å². The predicted octanol–water partition coefficient (Wildman–Crippen LogP) is 3.88. The van der Waals surface area contributed by atoms with Gasteiger partial charge in [-0.1, -0.05) is 54.1 Å². The molecule has 0 N–H and O–H groups in total. The number of benzene rings is 2. The fraction of sp³-hybridized carbons (Fsp3) is 0.150. The molecule has 1 aliphatic carbocycles. The Hall–Kier alpha value is -2.86. The molecule has 5 nitrogen and oxygen atoms in total. The minimum absolute atomic E-state index is 0.0299. The SMILES string of the molecule is Cc1ccc(S(=O)(=O)N2C(=O)OC/C2=C2/C=C(c3ccccc3)C2)cc1. The maximum atomic E-state index is 12.9. The van der Waals surface area contributed by atoms with Crippen molar-refractivity contribution >= 4 is 21.7 Å². The smallest absolute Gasteiger partial charge is 0.428 e. The van der Waals surface area contributed by atoms with E-state index in [2.05, 4.69) is 0 Å². The van der Waals surface area contributed by atoms with Crippen molar-refractivity contribution in [1.29, 1.82) is 0 Å². The predicted molar refractivity (Wildman–Crippen MR) is 97.6 cm³/mol. The fourth-order valence-corrected chi connectivity index (χ4v) is 4.45. The average molecular weight is 367 g/mol. The molecule has 0 spiro atoms. The van der Waals surface area contributed by atoms with Gasteiger partial charge < -0.3 is 4.74 Å². The summed E-state index contributed by atoms with van der Waals surface area (Å²) < 4.78 is 31.7. The number of hydrogen-bond acceptors (Lipinski definition) is 4. The summed E-state index contributed by atoms with van der Waals surface area (Å²) in [4.78, 5) is 12.2. The first-order valence-corrected chi connectivity index (χ1v) is 9.67. The van der Waals surface area contributed by atoms with Crippen LogP contribution in [0.25, 0.3) is 5.57 Å². The molecular weight excluding hydrogens is 350 g/mol. The highest BCUT2D eigenvalue weighted by Crippen LogP contribution is 2.39. The van der Waals surface area contributed by atoms with Gasteiger partial charge in [-0.3, -0.25) is 0 Å². The van der Waals surface area contributed by atoms with E-state index in [1.165, 1.54) is 12.1 Å². The van der Waals surface area contributed by atoms with Crippen LogP contribution in [0.4, 0.5) is 4.79 Å². The molecule has 0 radical (unpaired) electrons. The molecule has 2 aromatic carbocycles. The van der Waals surface area contributed by atoms with Gasteiger partial charge in [0.1, 0.15) is 6.61 Å². The van der Waals surface area contributed by atoms with E-state index < -0.39 is 16.1 Å². The minimum Gasteiger partial charge on any atom is -0.442 e. The number of hydrogen-bond donors (Lipinski definition) is 0. The van der Waals surface area contributed by atoms with Crippen LogP contribution in [-0.4, -0.2) is 25.4 Å². The van der Waals surface area contributed by atoms with Crippen molar-refractivity contribution in [3.8, 4) is 0 Å². The van der Waals surface area contributed by atoms with Crippen LogP contribution in [0.3, 0.4) is 0 Å². The Kier molecular flexibility index (Phi) is 3.92. The third-order valence-corrected chi connectivity index (χ3v) is 6.27. The van der Waals surface area contributed by atoms with Crippen molar-refractivity contribution < 1.29 is 17.9 Å². The third kappa shape index (κ3) is 2.72. The molecule has 1 heterocycles. The molecule has 0 atom stereocenters. The molecule has 0 unspecified atom stereocenters. The number of rotatable bonds is 3. The van der Waals surface area contributed by atoms with Crippen molar-refractivity contribution in [3.63, 3.8) is 0 Å². The van der Waals surface area contributed by atoms with Crippen LogP contribution in [0.2, 0.25) is 0 Å². The van der Waals surface area contributed by atoms with Crippen LogP contribution in [-0.2, 0) is 14.8 Å². The summed E-state index contributed by atoms with van der Waals surface area (Å²) in [6.07, 6.45) is 1.68. The van der Waals surface area contributed by atoms with Crippen LogP contribution in [0, 0.1) is 6.92 Å². The van der Waals surface area contributed by atoms with Crippen LogP contribution < -0.4 is 0 Å². The van der Waals surface area contributed by atoms with Crippen molar-refractivity contribution in [2.45, 2.75) is 18.2 Å². The number of allylic oxidation sites excluding steroid dienone is 3. The largest absolute Gasteiger partial charge is 0.442 e. The molecule has 26 heavy (non-hydrogen) atoms. The molecule has 1 saturated heterocycles. The number of carbonyl (C=O) groups excluding carboxylic acids is 1. The van der Waals surface area contributed by atoms with Gasteiger partial charge >= 0.3 is 6.09 Å². The summed E-state index contributed by atoms with van der Waals surface area (Å²) in [6, 6.07) is 16.3. The highest BCUT2D eigenvalue weighted by atomic mass is 32.2. The van der Waals surface area contributed by atoms with E-state index in [-0.39, 0.29) is 11.5 Å². The molecule has 1 amide bonds. The van der Waals surface area contributed by atoms with Gasteiger partial charge in [0.25, 0.3) is 10.0 Å². The van der Waals surface area contributed by atoms with E-state index in [9.17, 15) is 13.2 Å². The zero-order valence-corrected chi connectivity index (χ0v) is 15.0. The lowest BCUT2D eigenvalue weighted by Crippen LogP contribution is -2.31. The Balaban J connectivity index is 1.71. The van der Waals surface area contributed by atoms with Gasteiger partial charge in [-0.05, 0) is 42.2 Å². The van der Waals surface area contributed by atoms with Gasteiger partial charge in [0.2, 0.25) is 0 Å². The standard InChI is InChI=1S/C20H17NO4S/c1-14-7-9-18(10-8-14)26(23,24)21-19(13-25-20(21)22)17-11-16(12-17)15-5-3-2-4-6-15/h2-11H,12-13H2,1H3/b19-17+. The molecular formula is C20H17NO4S. The zero-order chi connectivity index (χ0) is 18.3. The summed E-state index contributed by atoms with van der Waals surface area (Å²) in [7, 11) is -3.99. The summed E-state index contributed by atoms with van der Waals surface area (Å²) >= 11 is 0. The second-order valence-electron chi connectivity index (χ2n) is 6.32. The topological polar surface area (TPSA) is 63.7 Å². The number of nitrogens with zero attached hydrogens (tertiary/aromatic N) is 1. The van der Waals surface area contributed by atoms with Crippen LogP contribution in [0.15, 0.2) is 76.8 Å². The van der Waals surface area contributed by atoms with Gasteiger partial charge in [-0.2, -0.15) is 4.31 Å². The first kappa shape index (κ1) is 16.6. The minimum atomic E-state index is -3.99. The Morgan fingerprint density at radius 2 is 1.65 bits per heavy atom. The average Bonchev–Trinajstić information content (AvgIpc) is 2.97. The number of ether oxygens (including phenoxy) is 1. The first-order valence-electron chi connectivity index (χ1n) is 8.23. The molecule has 4 rings (SSSR count). The number of sulfonamides is 1. The van der Waals surface area contributed by atoms with Gasteiger partial charge in [-0.25, -0.2) is 13.2 Å². The van der Waals surface area contributed by atoms with Gasteiger partial charge in [-0.15, -0.1) is 0 Å². The highest BCUT2D eigenvalue weighted by Gasteiger charge is 2.41. The summed E-state index contributed by atoms with van der Waals surface area (Å²) in [5.41, 5.74) is 4.36. The van der Waals surface area contributed by atoms with Crippen molar-refractivity contribution in [2.75, 3.05) is 6.61 Å². The summed E-state index contributed by atoms with van der Waals surface area (Å²) in [5, 5.41) is 0. The van der Waals surface area contributed by atoms with Crippen LogP contribution in [0.5, 0.6) is 0 Å². The molecule has 0 aromatic heterocycles.